The van der Waals surface area contributed by atoms with Gasteiger partial charge in [-0.15, -0.1) is 0 Å². The van der Waals surface area contributed by atoms with Gasteiger partial charge in [0.2, 0.25) is 10.0 Å². The molecule has 1 aliphatic carbocycles. The zero-order chi connectivity index (χ0) is 20.3. The van der Waals surface area contributed by atoms with Gasteiger partial charge in [-0.2, -0.15) is 4.31 Å². The lowest BCUT2D eigenvalue weighted by molar-refractivity contribution is -0.0433. The minimum atomic E-state index is -3.19. The van der Waals surface area contributed by atoms with Gasteiger partial charge < -0.3 is 15.4 Å². The van der Waals surface area contributed by atoms with E-state index in [4.69, 9.17) is 10.5 Å². The van der Waals surface area contributed by atoms with Crippen LogP contribution in [-0.2, 0) is 14.8 Å². The van der Waals surface area contributed by atoms with Gasteiger partial charge in [-0.05, 0) is 49.5 Å². The van der Waals surface area contributed by atoms with Crippen molar-refractivity contribution in [2.45, 2.75) is 49.1 Å². The van der Waals surface area contributed by atoms with Crippen molar-refractivity contribution in [1.29, 1.82) is 0 Å². The van der Waals surface area contributed by atoms with Gasteiger partial charge in [-0.1, -0.05) is 0 Å². The summed E-state index contributed by atoms with van der Waals surface area (Å²) in [6.07, 6.45) is 2.26. The fourth-order valence-corrected chi connectivity index (χ4v) is 6.61. The highest BCUT2D eigenvalue weighted by Gasteiger charge is 2.46. The number of benzene rings is 1. The Morgan fingerprint density at radius 1 is 1.17 bits per heavy atom. The van der Waals surface area contributed by atoms with Crippen molar-refractivity contribution in [2.24, 2.45) is 5.73 Å². The third-order valence-electron chi connectivity index (χ3n) is 6.51. The molecule has 3 atom stereocenters. The van der Waals surface area contributed by atoms with Crippen molar-refractivity contribution in [1.82, 2.24) is 9.21 Å². The molecule has 2 N–H and O–H groups in total. The van der Waals surface area contributed by atoms with Gasteiger partial charge in [0.05, 0.1) is 24.4 Å². The number of nitrogens with zero attached hydrogens (tertiary/aromatic N) is 2. The highest BCUT2D eigenvalue weighted by molar-refractivity contribution is 7.90. The Hall–Kier alpha value is -1.55. The molecule has 9 heteroatoms. The fourth-order valence-electron chi connectivity index (χ4n) is 4.82. The van der Waals surface area contributed by atoms with E-state index in [9.17, 15) is 17.2 Å². The van der Waals surface area contributed by atoms with E-state index in [1.807, 2.05) is 0 Å². The minimum Gasteiger partial charge on any atom is -0.370 e. The van der Waals surface area contributed by atoms with Crippen molar-refractivity contribution in [3.8, 4) is 0 Å². The van der Waals surface area contributed by atoms with Crippen LogP contribution in [-0.4, -0.2) is 61.2 Å². The Labute approximate surface area is 169 Å². The molecule has 0 spiro atoms. The summed E-state index contributed by atoms with van der Waals surface area (Å²) in [7, 11) is -3.19. The molecule has 2 fully saturated rings. The van der Waals surface area contributed by atoms with Gasteiger partial charge in [0.15, 0.2) is 0 Å². The van der Waals surface area contributed by atoms with E-state index in [1.165, 1.54) is 5.57 Å². The highest BCUT2D eigenvalue weighted by Crippen LogP contribution is 2.40. The molecule has 3 aliphatic heterocycles. The Morgan fingerprint density at radius 2 is 1.97 bits per heavy atom. The van der Waals surface area contributed by atoms with Gasteiger partial charge in [0.1, 0.15) is 17.7 Å². The number of halogens is 2. The van der Waals surface area contributed by atoms with Gasteiger partial charge >= 0.3 is 0 Å². The first-order valence-electron chi connectivity index (χ1n) is 10.1. The molecular formula is C20H25F2N3O3S. The molecular weight excluding hydrogens is 400 g/mol. The highest BCUT2D eigenvalue weighted by atomic mass is 32.2. The number of hydrogen-bond donors (Lipinski definition) is 1. The van der Waals surface area contributed by atoms with E-state index >= 15 is 0 Å². The average Bonchev–Trinajstić information content (AvgIpc) is 3.34. The van der Waals surface area contributed by atoms with Gasteiger partial charge in [0.25, 0.3) is 0 Å². The third-order valence-corrected chi connectivity index (χ3v) is 8.81. The van der Waals surface area contributed by atoms with Gasteiger partial charge in [-0.25, -0.2) is 17.2 Å². The summed E-state index contributed by atoms with van der Waals surface area (Å²) in [5.41, 5.74) is 8.72. The maximum Gasteiger partial charge on any atom is 0.217 e. The number of ether oxygens (including phenoxy) is 1. The number of hydrogen-bond acceptors (Lipinski definition) is 5. The van der Waals surface area contributed by atoms with Crippen LogP contribution in [0.1, 0.15) is 37.4 Å². The van der Waals surface area contributed by atoms with Crippen molar-refractivity contribution in [3.63, 3.8) is 0 Å². The van der Waals surface area contributed by atoms with E-state index in [0.717, 1.165) is 49.7 Å². The van der Waals surface area contributed by atoms with E-state index in [1.54, 1.807) is 4.31 Å². The zero-order valence-corrected chi connectivity index (χ0v) is 16.9. The second-order valence-electron chi connectivity index (χ2n) is 8.48. The topological polar surface area (TPSA) is 75.9 Å². The molecule has 1 aromatic carbocycles. The summed E-state index contributed by atoms with van der Waals surface area (Å²) >= 11 is 0. The van der Waals surface area contributed by atoms with Crippen LogP contribution in [0.2, 0.25) is 0 Å². The summed E-state index contributed by atoms with van der Waals surface area (Å²) < 4.78 is 60.4. The molecule has 29 heavy (non-hydrogen) atoms. The molecule has 158 valence electrons. The second-order valence-corrected chi connectivity index (χ2v) is 10.7. The van der Waals surface area contributed by atoms with Crippen molar-refractivity contribution < 1.29 is 21.9 Å². The summed E-state index contributed by atoms with van der Waals surface area (Å²) in [5, 5.41) is -0.204. The quantitative estimate of drug-likeness (QED) is 0.797. The molecule has 1 aromatic rings. The molecule has 3 unspecified atom stereocenters. The Kier molecular flexibility index (Phi) is 4.69. The number of nitrogens with two attached hydrogens (primary N) is 1. The van der Waals surface area contributed by atoms with Crippen LogP contribution in [0.4, 0.5) is 8.78 Å². The van der Waals surface area contributed by atoms with Crippen LogP contribution < -0.4 is 5.73 Å². The molecule has 5 rings (SSSR count). The predicted octanol–water partition coefficient (Wildman–Crippen LogP) is 1.89. The molecule has 4 aliphatic rings. The lowest BCUT2D eigenvalue weighted by Gasteiger charge is -2.40. The minimum absolute atomic E-state index is 0.00829. The van der Waals surface area contributed by atoms with Crippen LogP contribution in [0.25, 0.3) is 0 Å². The maximum atomic E-state index is 14.1. The zero-order valence-electron chi connectivity index (χ0n) is 16.1. The summed E-state index contributed by atoms with van der Waals surface area (Å²) in [4.78, 5) is 2.22. The largest absolute Gasteiger partial charge is 0.370 e. The van der Waals surface area contributed by atoms with Crippen LogP contribution in [0.15, 0.2) is 29.5 Å². The molecule has 0 aromatic heterocycles. The lowest BCUT2D eigenvalue weighted by atomic mass is 9.93. The van der Waals surface area contributed by atoms with Crippen LogP contribution >= 0.6 is 0 Å². The molecule has 0 bridgehead atoms. The van der Waals surface area contributed by atoms with E-state index in [0.29, 0.717) is 26.1 Å². The lowest BCUT2D eigenvalue weighted by Crippen LogP contribution is -2.49. The summed E-state index contributed by atoms with van der Waals surface area (Å²) in [6.45, 7) is 2.07. The molecule has 6 nitrogen and oxygen atoms in total. The van der Waals surface area contributed by atoms with Gasteiger partial charge in [-0.3, -0.25) is 0 Å². The fraction of sp³-hybridized carbons (Fsp3) is 0.600. The Bertz CT molecular complexity index is 964. The SMILES string of the molecule is NC1CC(N2CCC3=C2CN(S(=O)(=O)C2CC2)C3)COC1c1cc(F)ccc1F. The van der Waals surface area contributed by atoms with Gasteiger partial charge in [0, 0.05) is 30.4 Å². The first kappa shape index (κ1) is 19.4. The molecule has 0 radical (unpaired) electrons. The van der Waals surface area contributed by atoms with Crippen LogP contribution in [0, 0.1) is 11.6 Å². The Balaban J connectivity index is 1.28. The second kappa shape index (κ2) is 7.01. The average molecular weight is 426 g/mol. The van der Waals surface area contributed by atoms with Crippen molar-refractivity contribution in [2.75, 3.05) is 26.2 Å². The third kappa shape index (κ3) is 3.37. The first-order chi connectivity index (χ1) is 13.8. The summed E-state index contributed by atoms with van der Waals surface area (Å²) in [5.74, 6) is -1.04. The van der Waals surface area contributed by atoms with Crippen LogP contribution in [0.5, 0.6) is 0 Å². The van der Waals surface area contributed by atoms with E-state index < -0.39 is 33.8 Å². The maximum absolute atomic E-state index is 14.1. The van der Waals surface area contributed by atoms with Crippen LogP contribution in [0.3, 0.4) is 0 Å². The Morgan fingerprint density at radius 3 is 2.69 bits per heavy atom. The van der Waals surface area contributed by atoms with E-state index in [-0.39, 0.29) is 16.9 Å². The number of rotatable bonds is 4. The normalized spacial score (nSPS) is 30.9. The molecule has 0 amide bonds. The molecule has 1 saturated carbocycles. The molecule has 1 saturated heterocycles. The number of sulfonamides is 1. The van der Waals surface area contributed by atoms with Crippen molar-refractivity contribution >= 4 is 10.0 Å². The summed E-state index contributed by atoms with van der Waals surface area (Å²) in [6, 6.07) is 2.86. The van der Waals surface area contributed by atoms with E-state index in [2.05, 4.69) is 4.90 Å². The standard InChI is InChI=1S/C20H25F2N3O3S/c21-13-1-4-17(22)16(7-13)20-18(23)8-14(11-28-20)25-6-5-12-9-24(10-19(12)25)29(26,27)15-2-3-15/h1,4,7,14-15,18,20H,2-3,5-6,8-11,23H2. The molecule has 3 heterocycles. The smallest absolute Gasteiger partial charge is 0.217 e. The monoisotopic (exact) mass is 425 g/mol. The first-order valence-corrected chi connectivity index (χ1v) is 11.6. The van der Waals surface area contributed by atoms with Crippen molar-refractivity contribution in [3.05, 3.63) is 46.7 Å². The predicted molar refractivity (Wildman–Crippen MR) is 103 cm³/mol.